The highest BCUT2D eigenvalue weighted by atomic mass is 35.5. The molecule has 5 nitrogen and oxygen atoms in total. The Morgan fingerprint density at radius 3 is 2.46 bits per heavy atom. The van der Waals surface area contributed by atoms with Gasteiger partial charge in [-0.3, -0.25) is 0 Å². The molecular weight excluding hydrogens is 200 g/mol. The Balaban J connectivity index is 2.66. The van der Waals surface area contributed by atoms with Gasteiger partial charge in [-0.1, -0.05) is 11.6 Å². The minimum Gasteiger partial charge on any atom is -0.394 e. The van der Waals surface area contributed by atoms with Gasteiger partial charge in [0.25, 0.3) is 0 Å². The van der Waals surface area contributed by atoms with E-state index >= 15 is 0 Å². The normalized spacial score (nSPS) is 46.4. The average Bonchev–Trinajstić information content (AvgIpc) is 2.12. The first kappa shape index (κ1) is 11.2. The molecule has 78 valence electrons. The monoisotopic (exact) mass is 212 g/mol. The zero-order chi connectivity index (χ0) is 10.0. The highest BCUT2D eigenvalue weighted by Crippen LogP contribution is 2.24. The molecule has 1 aliphatic heterocycles. The van der Waals surface area contributed by atoms with Crippen LogP contribution in [0.2, 0.25) is 0 Å². The van der Waals surface area contributed by atoms with Crippen LogP contribution in [0.3, 0.4) is 0 Å². The van der Waals surface area contributed by atoms with Crippen molar-refractivity contribution in [2.45, 2.75) is 30.0 Å². The lowest BCUT2D eigenvalue weighted by Crippen LogP contribution is -2.57. The Kier molecular flexibility index (Phi) is 3.90. The summed E-state index contributed by atoms with van der Waals surface area (Å²) >= 11 is 5.69. The van der Waals surface area contributed by atoms with Gasteiger partial charge in [0.2, 0.25) is 0 Å². The van der Waals surface area contributed by atoms with E-state index < -0.39 is 36.6 Å². The zero-order valence-electron chi connectivity index (χ0n) is 7.13. The number of rotatable bonds is 2. The van der Waals surface area contributed by atoms with Gasteiger partial charge in [-0.2, -0.15) is 0 Å². The number of methoxy groups -OCH3 is 1. The highest BCUT2D eigenvalue weighted by Gasteiger charge is 2.43. The van der Waals surface area contributed by atoms with Gasteiger partial charge < -0.3 is 24.8 Å². The van der Waals surface area contributed by atoms with Crippen LogP contribution in [0, 0.1) is 0 Å². The van der Waals surface area contributed by atoms with Crippen LogP contribution >= 0.6 is 11.6 Å². The largest absolute Gasteiger partial charge is 0.394 e. The summed E-state index contributed by atoms with van der Waals surface area (Å²) in [7, 11) is 1.36. The first-order valence-corrected chi connectivity index (χ1v) is 4.34. The molecular formula is C7H13ClO5. The number of halogens is 1. The topological polar surface area (TPSA) is 79.2 Å². The third-order valence-electron chi connectivity index (χ3n) is 2.08. The summed E-state index contributed by atoms with van der Waals surface area (Å²) in [6.45, 7) is -0.391. The molecule has 1 aliphatic rings. The Hall–Kier alpha value is 0.0900. The number of aliphatic hydroxyl groups is 3. The van der Waals surface area contributed by atoms with Crippen LogP contribution in [0.15, 0.2) is 0 Å². The predicted octanol–water partition coefficient (Wildman–Crippen LogP) is -1.32. The molecule has 0 spiro atoms. The van der Waals surface area contributed by atoms with Crippen LogP contribution in [-0.2, 0) is 9.47 Å². The van der Waals surface area contributed by atoms with Gasteiger partial charge >= 0.3 is 0 Å². The SMILES string of the molecule is CO[C@H]1C(Cl)O[C@H](CO)[C@@H](O)[C@@H]1O. The number of hydrogen-bond acceptors (Lipinski definition) is 5. The van der Waals surface area contributed by atoms with Gasteiger partial charge in [-0.05, 0) is 0 Å². The Morgan fingerprint density at radius 1 is 1.38 bits per heavy atom. The standard InChI is InChI=1S/C7H13ClO5/c1-12-6-5(11)4(10)3(2-9)13-7(6)8/h3-7,9-11H,2H2,1H3/t3-,4-,5+,6-,7?/m1/s1. The van der Waals surface area contributed by atoms with Crippen LogP contribution in [0.1, 0.15) is 0 Å². The van der Waals surface area contributed by atoms with E-state index in [1.807, 2.05) is 0 Å². The molecule has 0 bridgehead atoms. The minimum atomic E-state index is -1.18. The minimum absolute atomic E-state index is 0.391. The molecule has 5 atom stereocenters. The first-order valence-electron chi connectivity index (χ1n) is 3.91. The lowest BCUT2D eigenvalue weighted by atomic mass is 10.0. The second-order valence-electron chi connectivity index (χ2n) is 2.89. The molecule has 1 saturated heterocycles. The summed E-state index contributed by atoms with van der Waals surface area (Å²) in [4.78, 5) is 0. The van der Waals surface area contributed by atoms with Crippen molar-refractivity contribution in [2.24, 2.45) is 0 Å². The molecule has 3 N–H and O–H groups in total. The smallest absolute Gasteiger partial charge is 0.160 e. The van der Waals surface area contributed by atoms with E-state index in [4.69, 9.17) is 26.2 Å². The van der Waals surface area contributed by atoms with E-state index in [-0.39, 0.29) is 0 Å². The van der Waals surface area contributed by atoms with Crippen LogP contribution < -0.4 is 0 Å². The van der Waals surface area contributed by atoms with Crippen molar-refractivity contribution in [3.05, 3.63) is 0 Å². The maximum Gasteiger partial charge on any atom is 0.160 e. The molecule has 0 saturated carbocycles. The molecule has 0 amide bonds. The van der Waals surface area contributed by atoms with Crippen LogP contribution in [0.25, 0.3) is 0 Å². The average molecular weight is 213 g/mol. The Labute approximate surface area is 80.8 Å². The second-order valence-corrected chi connectivity index (χ2v) is 3.32. The van der Waals surface area contributed by atoms with E-state index in [9.17, 15) is 10.2 Å². The zero-order valence-corrected chi connectivity index (χ0v) is 7.89. The summed E-state index contributed by atoms with van der Waals surface area (Å²) in [5.74, 6) is 0. The first-order chi connectivity index (χ1) is 6.11. The van der Waals surface area contributed by atoms with Gasteiger partial charge in [0.15, 0.2) is 5.56 Å². The van der Waals surface area contributed by atoms with Crippen LogP contribution in [0.5, 0.6) is 0 Å². The molecule has 1 fully saturated rings. The molecule has 0 aromatic heterocycles. The van der Waals surface area contributed by atoms with Gasteiger partial charge in [0, 0.05) is 7.11 Å². The molecule has 0 aromatic carbocycles. The molecule has 13 heavy (non-hydrogen) atoms. The van der Waals surface area contributed by atoms with Crippen molar-refractivity contribution in [1.82, 2.24) is 0 Å². The lowest BCUT2D eigenvalue weighted by Gasteiger charge is -2.38. The van der Waals surface area contributed by atoms with Crippen molar-refractivity contribution in [2.75, 3.05) is 13.7 Å². The van der Waals surface area contributed by atoms with E-state index in [0.29, 0.717) is 0 Å². The summed E-state index contributed by atoms with van der Waals surface area (Å²) < 4.78 is 9.83. The fourth-order valence-electron chi connectivity index (χ4n) is 1.29. The maximum absolute atomic E-state index is 9.46. The quantitative estimate of drug-likeness (QED) is 0.495. The predicted molar refractivity (Wildman–Crippen MR) is 44.4 cm³/mol. The van der Waals surface area contributed by atoms with Crippen LogP contribution in [0.4, 0.5) is 0 Å². The molecule has 0 aromatic rings. The molecule has 1 rings (SSSR count). The van der Waals surface area contributed by atoms with Crippen molar-refractivity contribution in [3.63, 3.8) is 0 Å². The maximum atomic E-state index is 9.46. The summed E-state index contributed by atoms with van der Waals surface area (Å²) in [6, 6.07) is 0. The molecule has 0 aliphatic carbocycles. The van der Waals surface area contributed by atoms with Gasteiger partial charge in [-0.25, -0.2) is 0 Å². The molecule has 0 radical (unpaired) electrons. The van der Waals surface area contributed by atoms with Crippen molar-refractivity contribution in [1.29, 1.82) is 0 Å². The number of ether oxygens (including phenoxy) is 2. The third-order valence-corrected chi connectivity index (χ3v) is 2.43. The second kappa shape index (κ2) is 4.54. The third kappa shape index (κ3) is 2.12. The fourth-order valence-corrected chi connectivity index (χ4v) is 1.68. The Bertz CT molecular complexity index is 167. The van der Waals surface area contributed by atoms with E-state index in [0.717, 1.165) is 0 Å². The van der Waals surface area contributed by atoms with Crippen LogP contribution in [-0.4, -0.2) is 59.0 Å². The number of hydrogen-bond donors (Lipinski definition) is 3. The molecule has 1 unspecified atom stereocenters. The van der Waals surface area contributed by atoms with Gasteiger partial charge in [-0.15, -0.1) is 0 Å². The van der Waals surface area contributed by atoms with Gasteiger partial charge in [0.1, 0.15) is 24.4 Å². The van der Waals surface area contributed by atoms with Crippen molar-refractivity contribution >= 4 is 11.6 Å². The number of alkyl halides is 1. The van der Waals surface area contributed by atoms with Crippen molar-refractivity contribution < 1.29 is 24.8 Å². The summed E-state index contributed by atoms with van der Waals surface area (Å²) in [6.07, 6.45) is -3.95. The lowest BCUT2D eigenvalue weighted by molar-refractivity contribution is -0.214. The molecule has 1 heterocycles. The van der Waals surface area contributed by atoms with E-state index in [1.165, 1.54) is 7.11 Å². The Morgan fingerprint density at radius 2 is 2.00 bits per heavy atom. The molecule has 6 heteroatoms. The van der Waals surface area contributed by atoms with E-state index in [1.54, 1.807) is 0 Å². The fraction of sp³-hybridized carbons (Fsp3) is 1.00. The van der Waals surface area contributed by atoms with Crippen molar-refractivity contribution in [3.8, 4) is 0 Å². The van der Waals surface area contributed by atoms with Gasteiger partial charge in [0.05, 0.1) is 6.61 Å². The van der Waals surface area contributed by atoms with E-state index in [2.05, 4.69) is 0 Å². The summed E-state index contributed by atoms with van der Waals surface area (Å²) in [5, 5.41) is 27.6. The number of aliphatic hydroxyl groups excluding tert-OH is 3. The highest BCUT2D eigenvalue weighted by molar-refractivity contribution is 6.20. The summed E-state index contributed by atoms with van der Waals surface area (Å²) in [5.41, 5.74) is -0.861.